The Morgan fingerprint density at radius 1 is 1.06 bits per heavy atom. The average molecular weight is 476 g/mol. The first-order valence-electron chi connectivity index (χ1n) is 10.5. The van der Waals surface area contributed by atoms with Gasteiger partial charge in [0, 0.05) is 11.4 Å². The van der Waals surface area contributed by atoms with Gasteiger partial charge in [0.25, 0.3) is 0 Å². The second-order valence-electron chi connectivity index (χ2n) is 7.58. The zero-order chi connectivity index (χ0) is 25.5. The number of methoxy groups -OCH3 is 2. The Morgan fingerprint density at radius 2 is 1.74 bits per heavy atom. The van der Waals surface area contributed by atoms with Crippen LogP contribution in [0, 0.1) is 18.3 Å². The van der Waals surface area contributed by atoms with Crippen molar-refractivity contribution >= 4 is 29.3 Å². The first-order chi connectivity index (χ1) is 16.8. The highest BCUT2D eigenvalue weighted by atomic mass is 16.5. The molecule has 0 spiro atoms. The summed E-state index contributed by atoms with van der Waals surface area (Å²) in [6.45, 7) is 1.94. The Bertz CT molecular complexity index is 1260. The van der Waals surface area contributed by atoms with Crippen LogP contribution in [0.5, 0.6) is 0 Å². The second-order valence-corrected chi connectivity index (χ2v) is 7.58. The molecule has 0 bridgehead atoms. The largest absolute Gasteiger partial charge is 0.469 e. The van der Waals surface area contributed by atoms with Crippen molar-refractivity contribution in [2.45, 2.75) is 19.3 Å². The van der Waals surface area contributed by atoms with Crippen LogP contribution in [0.3, 0.4) is 0 Å². The Hall–Kier alpha value is -4.78. The monoisotopic (exact) mass is 476 g/mol. The predicted octanol–water partition coefficient (Wildman–Crippen LogP) is 3.44. The number of benzene rings is 2. The van der Waals surface area contributed by atoms with Gasteiger partial charge in [-0.2, -0.15) is 5.26 Å². The lowest BCUT2D eigenvalue weighted by Crippen LogP contribution is -2.27. The molecule has 0 fully saturated rings. The summed E-state index contributed by atoms with van der Waals surface area (Å²) in [6.07, 6.45) is -0.395. The maximum atomic E-state index is 12.7. The van der Waals surface area contributed by atoms with E-state index in [9.17, 15) is 19.6 Å². The molecule has 0 saturated heterocycles. The fourth-order valence-electron chi connectivity index (χ4n) is 3.55. The summed E-state index contributed by atoms with van der Waals surface area (Å²) in [5, 5.41) is 15.2. The number of ether oxygens (including phenoxy) is 3. The normalized spacial score (nSPS) is 15.0. The number of carbonyl (C=O) groups excluding carboxylic acids is 3. The van der Waals surface area contributed by atoms with Crippen molar-refractivity contribution in [2.24, 2.45) is 5.73 Å². The minimum Gasteiger partial charge on any atom is -0.469 e. The molecule has 180 valence electrons. The van der Waals surface area contributed by atoms with E-state index in [1.165, 1.54) is 14.2 Å². The maximum absolute atomic E-state index is 12.7. The van der Waals surface area contributed by atoms with E-state index in [1.807, 2.05) is 25.1 Å². The minimum absolute atomic E-state index is 0.0414. The van der Waals surface area contributed by atoms with Crippen molar-refractivity contribution in [2.75, 3.05) is 24.9 Å². The number of hydrogen-bond donors (Lipinski definition) is 3. The minimum atomic E-state index is -0.997. The Morgan fingerprint density at radius 3 is 2.37 bits per heavy atom. The molecule has 1 aliphatic heterocycles. The second kappa shape index (κ2) is 10.9. The highest BCUT2D eigenvalue weighted by molar-refractivity contribution is 6.00. The third-order valence-electron chi connectivity index (χ3n) is 5.22. The van der Waals surface area contributed by atoms with Gasteiger partial charge in [-0.1, -0.05) is 29.8 Å². The number of nitriles is 1. The van der Waals surface area contributed by atoms with E-state index in [4.69, 9.17) is 15.2 Å². The molecule has 2 aromatic rings. The number of esters is 2. The summed E-state index contributed by atoms with van der Waals surface area (Å²) in [5.41, 5.74) is 8.37. The standard InChI is InChI=1S/C25H24N4O6/c1-14-7-9-16(10-8-14)28-25(32)29-17-6-4-5-15(11-17)21-18(13-26)23(27)35-19(12-20(30)33-2)22(21)24(31)34-3/h4-11,21H,12,27H2,1-3H3,(H2,28,29,32). The van der Waals surface area contributed by atoms with Crippen molar-refractivity contribution in [1.29, 1.82) is 5.26 Å². The Labute approximate surface area is 202 Å². The molecule has 0 aromatic heterocycles. The number of nitrogens with two attached hydrogens (primary N) is 1. The molecule has 1 unspecified atom stereocenters. The number of allylic oxidation sites excluding steroid dienone is 1. The summed E-state index contributed by atoms with van der Waals surface area (Å²) in [4.78, 5) is 37.1. The molecule has 1 atom stereocenters. The molecule has 35 heavy (non-hydrogen) atoms. The summed E-state index contributed by atoms with van der Waals surface area (Å²) in [7, 11) is 2.36. The summed E-state index contributed by atoms with van der Waals surface area (Å²) in [5.74, 6) is -2.80. The molecule has 10 heteroatoms. The van der Waals surface area contributed by atoms with Crippen LogP contribution in [0.15, 0.2) is 71.3 Å². The first kappa shape index (κ1) is 24.9. The number of carbonyl (C=O) groups is 3. The zero-order valence-electron chi connectivity index (χ0n) is 19.4. The molecular weight excluding hydrogens is 452 g/mol. The molecule has 4 N–H and O–H groups in total. The molecule has 1 heterocycles. The van der Waals surface area contributed by atoms with E-state index in [0.29, 0.717) is 16.9 Å². The summed E-state index contributed by atoms with van der Waals surface area (Å²) < 4.78 is 15.0. The molecule has 2 aromatic carbocycles. The number of anilines is 2. The number of nitrogens with one attached hydrogen (secondary N) is 2. The number of aryl methyl sites for hydroxylation is 1. The number of hydrogen-bond acceptors (Lipinski definition) is 8. The van der Waals surface area contributed by atoms with Crippen molar-refractivity contribution in [3.8, 4) is 6.07 Å². The molecule has 0 saturated carbocycles. The van der Waals surface area contributed by atoms with E-state index < -0.39 is 30.3 Å². The molecule has 0 radical (unpaired) electrons. The number of amides is 2. The third kappa shape index (κ3) is 5.78. The van der Waals surface area contributed by atoms with Gasteiger partial charge in [-0.3, -0.25) is 4.79 Å². The highest BCUT2D eigenvalue weighted by Crippen LogP contribution is 2.41. The predicted molar refractivity (Wildman–Crippen MR) is 127 cm³/mol. The van der Waals surface area contributed by atoms with Crippen LogP contribution in [0.1, 0.15) is 23.5 Å². The van der Waals surface area contributed by atoms with Gasteiger partial charge < -0.3 is 30.6 Å². The van der Waals surface area contributed by atoms with Crippen molar-refractivity contribution in [1.82, 2.24) is 0 Å². The maximum Gasteiger partial charge on any atom is 0.338 e. The molecular formula is C25H24N4O6. The van der Waals surface area contributed by atoms with Crippen LogP contribution in [-0.4, -0.2) is 32.2 Å². The van der Waals surface area contributed by atoms with Crippen LogP contribution in [0.4, 0.5) is 16.2 Å². The number of rotatable bonds is 6. The van der Waals surface area contributed by atoms with Crippen LogP contribution in [0.2, 0.25) is 0 Å². The van der Waals surface area contributed by atoms with Crippen molar-refractivity contribution in [3.05, 3.63) is 82.4 Å². The van der Waals surface area contributed by atoms with Gasteiger partial charge in [0.15, 0.2) is 0 Å². The van der Waals surface area contributed by atoms with Gasteiger partial charge in [-0.25, -0.2) is 9.59 Å². The summed E-state index contributed by atoms with van der Waals surface area (Å²) in [6, 6.07) is 15.3. The molecule has 3 rings (SSSR count). The van der Waals surface area contributed by atoms with E-state index >= 15 is 0 Å². The van der Waals surface area contributed by atoms with E-state index in [0.717, 1.165) is 5.56 Å². The molecule has 10 nitrogen and oxygen atoms in total. The van der Waals surface area contributed by atoms with E-state index in [2.05, 4.69) is 15.4 Å². The van der Waals surface area contributed by atoms with Gasteiger partial charge in [0.05, 0.1) is 25.7 Å². The molecule has 2 amide bonds. The number of nitrogens with zero attached hydrogens (tertiary/aromatic N) is 1. The van der Waals surface area contributed by atoms with Crippen molar-refractivity contribution < 1.29 is 28.6 Å². The van der Waals surface area contributed by atoms with Crippen molar-refractivity contribution in [3.63, 3.8) is 0 Å². The Balaban J connectivity index is 1.97. The van der Waals surface area contributed by atoms with Crippen LogP contribution < -0.4 is 16.4 Å². The molecule has 1 aliphatic rings. The Kier molecular flexibility index (Phi) is 7.74. The smallest absolute Gasteiger partial charge is 0.338 e. The lowest BCUT2D eigenvalue weighted by molar-refractivity contribution is -0.140. The first-order valence-corrected chi connectivity index (χ1v) is 10.5. The van der Waals surface area contributed by atoms with E-state index in [1.54, 1.807) is 36.4 Å². The average Bonchev–Trinajstić information content (AvgIpc) is 2.84. The zero-order valence-corrected chi connectivity index (χ0v) is 19.4. The van der Waals surface area contributed by atoms with Crippen LogP contribution >= 0.6 is 0 Å². The van der Waals surface area contributed by atoms with Crippen LogP contribution in [-0.2, 0) is 23.8 Å². The van der Waals surface area contributed by atoms with E-state index in [-0.39, 0.29) is 22.8 Å². The van der Waals surface area contributed by atoms with Gasteiger partial charge in [0.2, 0.25) is 5.88 Å². The SMILES string of the molecule is COC(=O)CC1=C(C(=O)OC)C(c2cccc(NC(=O)Nc3ccc(C)cc3)c2)C(C#N)=C(N)O1. The third-order valence-corrected chi connectivity index (χ3v) is 5.22. The topological polar surface area (TPSA) is 153 Å². The quantitative estimate of drug-likeness (QED) is 0.536. The lowest BCUT2D eigenvalue weighted by Gasteiger charge is -2.27. The van der Waals surface area contributed by atoms with Crippen LogP contribution in [0.25, 0.3) is 0 Å². The van der Waals surface area contributed by atoms with Gasteiger partial charge >= 0.3 is 18.0 Å². The van der Waals surface area contributed by atoms with Gasteiger partial charge in [-0.05, 0) is 36.8 Å². The summed E-state index contributed by atoms with van der Waals surface area (Å²) >= 11 is 0. The highest BCUT2D eigenvalue weighted by Gasteiger charge is 2.38. The molecule has 0 aliphatic carbocycles. The fraction of sp³-hybridized carbons (Fsp3) is 0.200. The van der Waals surface area contributed by atoms with Gasteiger partial charge in [-0.15, -0.1) is 0 Å². The number of urea groups is 1. The lowest BCUT2D eigenvalue weighted by atomic mass is 9.82. The fourth-order valence-corrected chi connectivity index (χ4v) is 3.55. The van der Waals surface area contributed by atoms with Gasteiger partial charge in [0.1, 0.15) is 23.8 Å².